The van der Waals surface area contributed by atoms with Gasteiger partial charge in [0, 0.05) is 26.6 Å². The first-order chi connectivity index (χ1) is 9.01. The van der Waals surface area contributed by atoms with Gasteiger partial charge in [0.25, 0.3) is 0 Å². The zero-order chi connectivity index (χ0) is 14.0. The average molecular weight is 330 g/mol. The zero-order valence-corrected chi connectivity index (χ0v) is 13.7. The number of hydrogen-bond donors (Lipinski definition) is 1. The van der Waals surface area contributed by atoms with Crippen LogP contribution in [0, 0.1) is 0 Å². The van der Waals surface area contributed by atoms with Crippen LogP contribution >= 0.6 is 15.9 Å². The summed E-state index contributed by atoms with van der Waals surface area (Å²) in [4.78, 5) is 0. The monoisotopic (exact) mass is 329 g/mol. The molecule has 1 aromatic heterocycles. The second-order valence-electron chi connectivity index (χ2n) is 5.59. The predicted molar refractivity (Wildman–Crippen MR) is 80.2 cm³/mol. The van der Waals surface area contributed by atoms with E-state index in [2.05, 4.69) is 28.0 Å². The minimum Gasteiger partial charge on any atom is -0.378 e. The summed E-state index contributed by atoms with van der Waals surface area (Å²) in [6.45, 7) is 2.12. The van der Waals surface area contributed by atoms with E-state index in [1.807, 2.05) is 11.7 Å². The Morgan fingerprint density at radius 3 is 2.63 bits per heavy atom. The van der Waals surface area contributed by atoms with Crippen LogP contribution in [0.5, 0.6) is 0 Å². The molecular weight excluding hydrogens is 306 g/mol. The van der Waals surface area contributed by atoms with Crippen LogP contribution in [0.1, 0.15) is 44.0 Å². The quantitative estimate of drug-likeness (QED) is 0.872. The second kappa shape index (κ2) is 5.94. The van der Waals surface area contributed by atoms with Gasteiger partial charge >= 0.3 is 0 Å². The molecule has 1 aromatic rings. The Morgan fingerprint density at radius 2 is 2.21 bits per heavy atom. The topological polar surface area (TPSA) is 53.1 Å². The van der Waals surface area contributed by atoms with Crippen LogP contribution in [0.2, 0.25) is 0 Å². The van der Waals surface area contributed by atoms with Crippen molar-refractivity contribution in [3.8, 4) is 0 Å². The first kappa shape index (κ1) is 15.0. The zero-order valence-electron chi connectivity index (χ0n) is 12.1. The molecule has 0 amide bonds. The van der Waals surface area contributed by atoms with E-state index in [4.69, 9.17) is 10.5 Å². The summed E-state index contributed by atoms with van der Waals surface area (Å²) < 4.78 is 8.72. The fourth-order valence-corrected chi connectivity index (χ4v) is 3.68. The molecule has 0 saturated heterocycles. The largest absolute Gasteiger partial charge is 0.378 e. The molecule has 0 aromatic carbocycles. The number of nitrogens with zero attached hydrogens (tertiary/aromatic N) is 2. The summed E-state index contributed by atoms with van der Waals surface area (Å²) in [6, 6.07) is 0.122. The van der Waals surface area contributed by atoms with Gasteiger partial charge in [-0.2, -0.15) is 5.10 Å². The standard InChI is InChI=1S/C14H24BrN3O/c1-4-11-13(15)12(18(2)17-11)8-10(16)9-14(19-3)6-5-7-14/h10H,4-9,16H2,1-3H3. The molecule has 19 heavy (non-hydrogen) atoms. The highest BCUT2D eigenvalue weighted by molar-refractivity contribution is 9.10. The first-order valence-corrected chi connectivity index (χ1v) is 7.81. The maximum absolute atomic E-state index is 6.32. The van der Waals surface area contributed by atoms with E-state index in [9.17, 15) is 0 Å². The molecule has 1 unspecified atom stereocenters. The Balaban J connectivity index is 2.02. The number of halogens is 1. The van der Waals surface area contributed by atoms with Crippen LogP contribution in [-0.2, 0) is 24.6 Å². The Bertz CT molecular complexity index is 435. The van der Waals surface area contributed by atoms with E-state index < -0.39 is 0 Å². The van der Waals surface area contributed by atoms with Crippen LogP contribution in [0.15, 0.2) is 4.47 Å². The lowest BCUT2D eigenvalue weighted by Gasteiger charge is -2.42. The molecule has 1 aliphatic rings. The van der Waals surface area contributed by atoms with Gasteiger partial charge in [-0.3, -0.25) is 4.68 Å². The Hall–Kier alpha value is -0.390. The fraction of sp³-hybridized carbons (Fsp3) is 0.786. The van der Waals surface area contributed by atoms with Crippen molar-refractivity contribution < 1.29 is 4.74 Å². The molecule has 2 N–H and O–H groups in total. The molecule has 4 nitrogen and oxygen atoms in total. The van der Waals surface area contributed by atoms with Crippen molar-refractivity contribution >= 4 is 15.9 Å². The molecule has 108 valence electrons. The van der Waals surface area contributed by atoms with Gasteiger partial charge in [-0.25, -0.2) is 0 Å². The number of methoxy groups -OCH3 is 1. The molecule has 0 bridgehead atoms. The van der Waals surface area contributed by atoms with Crippen molar-refractivity contribution in [3.63, 3.8) is 0 Å². The van der Waals surface area contributed by atoms with Gasteiger partial charge in [0.1, 0.15) is 0 Å². The van der Waals surface area contributed by atoms with Crippen molar-refractivity contribution in [1.82, 2.24) is 9.78 Å². The van der Waals surface area contributed by atoms with E-state index in [0.29, 0.717) is 0 Å². The summed E-state index contributed by atoms with van der Waals surface area (Å²) in [5, 5.41) is 4.52. The highest BCUT2D eigenvalue weighted by atomic mass is 79.9. The molecule has 0 radical (unpaired) electrons. The van der Waals surface area contributed by atoms with Crippen molar-refractivity contribution in [1.29, 1.82) is 0 Å². The van der Waals surface area contributed by atoms with E-state index in [1.54, 1.807) is 7.11 Å². The third-order valence-corrected chi connectivity index (χ3v) is 5.21. The normalized spacial score (nSPS) is 19.2. The molecular formula is C14H24BrN3O. The molecule has 2 rings (SSSR count). The number of ether oxygens (including phenoxy) is 1. The first-order valence-electron chi connectivity index (χ1n) is 7.02. The average Bonchev–Trinajstić information content (AvgIpc) is 2.61. The van der Waals surface area contributed by atoms with Crippen molar-refractivity contribution in [2.75, 3.05) is 7.11 Å². The SMILES string of the molecule is CCc1nn(C)c(CC(N)CC2(OC)CCC2)c1Br. The number of rotatable bonds is 6. The van der Waals surface area contributed by atoms with E-state index in [1.165, 1.54) is 12.1 Å². The lowest BCUT2D eigenvalue weighted by atomic mass is 9.75. The summed E-state index contributed by atoms with van der Waals surface area (Å²) in [7, 11) is 3.79. The van der Waals surface area contributed by atoms with Crippen molar-refractivity contribution in [2.24, 2.45) is 12.8 Å². The van der Waals surface area contributed by atoms with Gasteiger partial charge in [-0.15, -0.1) is 0 Å². The molecule has 1 atom stereocenters. The Labute approximate surface area is 123 Å². The molecule has 1 aliphatic carbocycles. The third-order valence-electron chi connectivity index (χ3n) is 4.29. The predicted octanol–water partition coefficient (Wildman–Crippen LogP) is 2.57. The Kier molecular flexibility index (Phi) is 4.69. The van der Waals surface area contributed by atoms with Gasteiger partial charge in [0.05, 0.1) is 21.5 Å². The van der Waals surface area contributed by atoms with Crippen molar-refractivity contribution in [2.45, 2.75) is 57.1 Å². The maximum atomic E-state index is 6.32. The van der Waals surface area contributed by atoms with Gasteiger partial charge in [0.15, 0.2) is 0 Å². The minimum atomic E-state index is 0.0398. The van der Waals surface area contributed by atoms with Crippen LogP contribution < -0.4 is 5.73 Å². The van der Waals surface area contributed by atoms with Gasteiger partial charge in [-0.05, 0) is 48.0 Å². The van der Waals surface area contributed by atoms with Gasteiger partial charge in [0.2, 0.25) is 0 Å². The molecule has 5 heteroatoms. The molecule has 1 saturated carbocycles. The number of aromatic nitrogens is 2. The summed E-state index contributed by atoms with van der Waals surface area (Å²) in [5.41, 5.74) is 8.66. The Morgan fingerprint density at radius 1 is 1.53 bits per heavy atom. The maximum Gasteiger partial charge on any atom is 0.0766 e. The lowest BCUT2D eigenvalue weighted by molar-refractivity contribution is -0.0814. The number of hydrogen-bond acceptors (Lipinski definition) is 3. The number of aryl methyl sites for hydroxylation is 2. The van der Waals surface area contributed by atoms with E-state index in [0.717, 1.165) is 42.3 Å². The van der Waals surface area contributed by atoms with Crippen LogP contribution in [-0.4, -0.2) is 28.5 Å². The van der Waals surface area contributed by atoms with E-state index in [-0.39, 0.29) is 11.6 Å². The highest BCUT2D eigenvalue weighted by Gasteiger charge is 2.38. The highest BCUT2D eigenvalue weighted by Crippen LogP contribution is 2.39. The van der Waals surface area contributed by atoms with Gasteiger partial charge in [-0.1, -0.05) is 6.92 Å². The molecule has 1 heterocycles. The molecule has 0 aliphatic heterocycles. The molecule has 1 fully saturated rings. The minimum absolute atomic E-state index is 0.0398. The van der Waals surface area contributed by atoms with Gasteiger partial charge < -0.3 is 10.5 Å². The summed E-state index contributed by atoms with van der Waals surface area (Å²) >= 11 is 3.65. The number of nitrogens with two attached hydrogens (primary N) is 1. The summed E-state index contributed by atoms with van der Waals surface area (Å²) in [6.07, 6.45) is 6.26. The summed E-state index contributed by atoms with van der Waals surface area (Å²) in [5.74, 6) is 0. The van der Waals surface area contributed by atoms with Crippen LogP contribution in [0.4, 0.5) is 0 Å². The second-order valence-corrected chi connectivity index (χ2v) is 6.39. The fourth-order valence-electron chi connectivity index (χ4n) is 2.90. The third kappa shape index (κ3) is 3.03. The smallest absolute Gasteiger partial charge is 0.0766 e. The van der Waals surface area contributed by atoms with Crippen molar-refractivity contribution in [3.05, 3.63) is 15.9 Å². The van der Waals surface area contributed by atoms with Crippen LogP contribution in [0.25, 0.3) is 0 Å². The molecule has 0 spiro atoms. The van der Waals surface area contributed by atoms with Crippen LogP contribution in [0.3, 0.4) is 0 Å². The lowest BCUT2D eigenvalue weighted by Crippen LogP contribution is -2.45. The van der Waals surface area contributed by atoms with E-state index >= 15 is 0 Å².